The quantitative estimate of drug-likeness (QED) is 0.587. The molecule has 0 aliphatic heterocycles. The highest BCUT2D eigenvalue weighted by atomic mass is 16.6. The first-order valence-electron chi connectivity index (χ1n) is 6.49. The molecule has 0 fully saturated rings. The number of nitro groups is 1. The van der Waals surface area contributed by atoms with Gasteiger partial charge in [0.1, 0.15) is 18.2 Å². The summed E-state index contributed by atoms with van der Waals surface area (Å²) in [7, 11) is 0. The summed E-state index contributed by atoms with van der Waals surface area (Å²) in [4.78, 5) is 18.8. The van der Waals surface area contributed by atoms with E-state index in [0.717, 1.165) is 17.6 Å². The number of rotatable bonds is 4. The molecule has 0 saturated carbocycles. The predicted molar refractivity (Wildman–Crippen MR) is 80.3 cm³/mol. The van der Waals surface area contributed by atoms with E-state index in [-0.39, 0.29) is 11.6 Å². The molecule has 0 atom stereocenters. The Kier molecular flexibility index (Phi) is 3.48. The fourth-order valence-corrected chi connectivity index (χ4v) is 1.91. The first kappa shape index (κ1) is 13.7. The van der Waals surface area contributed by atoms with Crippen LogP contribution in [0.5, 0.6) is 0 Å². The molecule has 3 aromatic rings. The van der Waals surface area contributed by atoms with Gasteiger partial charge < -0.3 is 5.32 Å². The van der Waals surface area contributed by atoms with Crippen molar-refractivity contribution in [2.75, 3.05) is 5.32 Å². The van der Waals surface area contributed by atoms with Crippen molar-refractivity contribution in [1.82, 2.24) is 19.7 Å². The van der Waals surface area contributed by atoms with Crippen molar-refractivity contribution in [2.24, 2.45) is 0 Å². The predicted octanol–water partition coefficient (Wildman–Crippen LogP) is 2.62. The Bertz CT molecular complexity index is 815. The SMILES string of the molecule is Cc1cc(Nc2ccccc2)nc(-n2cc([N+](=O)[O-])cn2)n1. The largest absolute Gasteiger partial charge is 0.340 e. The molecule has 2 heterocycles. The number of para-hydroxylation sites is 1. The Morgan fingerprint density at radius 3 is 2.68 bits per heavy atom. The summed E-state index contributed by atoms with van der Waals surface area (Å²) in [6.07, 6.45) is 2.44. The minimum Gasteiger partial charge on any atom is -0.340 e. The lowest BCUT2D eigenvalue weighted by Gasteiger charge is -2.08. The molecule has 0 spiro atoms. The van der Waals surface area contributed by atoms with Gasteiger partial charge in [-0.2, -0.15) is 14.8 Å². The highest BCUT2D eigenvalue weighted by Gasteiger charge is 2.12. The van der Waals surface area contributed by atoms with Crippen molar-refractivity contribution in [1.29, 1.82) is 0 Å². The summed E-state index contributed by atoms with van der Waals surface area (Å²) in [6, 6.07) is 11.4. The van der Waals surface area contributed by atoms with Crippen LogP contribution in [0.3, 0.4) is 0 Å². The second kappa shape index (κ2) is 5.60. The molecule has 8 nitrogen and oxygen atoms in total. The summed E-state index contributed by atoms with van der Waals surface area (Å²) < 4.78 is 1.28. The van der Waals surface area contributed by atoms with Crippen molar-refractivity contribution in [3.8, 4) is 5.95 Å². The van der Waals surface area contributed by atoms with Gasteiger partial charge in [0.15, 0.2) is 0 Å². The Labute approximate surface area is 125 Å². The van der Waals surface area contributed by atoms with Crippen LogP contribution in [0.4, 0.5) is 17.2 Å². The lowest BCUT2D eigenvalue weighted by atomic mass is 10.3. The first-order chi connectivity index (χ1) is 10.6. The molecule has 0 radical (unpaired) electrons. The smallest absolute Gasteiger partial charge is 0.307 e. The number of aryl methyl sites for hydroxylation is 1. The summed E-state index contributed by atoms with van der Waals surface area (Å²) in [6.45, 7) is 1.82. The molecular formula is C14H12N6O2. The summed E-state index contributed by atoms with van der Waals surface area (Å²) in [5, 5.41) is 17.8. The number of hydrogen-bond acceptors (Lipinski definition) is 6. The van der Waals surface area contributed by atoms with Crippen LogP contribution in [0.25, 0.3) is 5.95 Å². The van der Waals surface area contributed by atoms with Crippen LogP contribution in [-0.2, 0) is 0 Å². The van der Waals surface area contributed by atoms with E-state index in [1.54, 1.807) is 6.07 Å². The van der Waals surface area contributed by atoms with E-state index in [4.69, 9.17) is 0 Å². The third-order valence-electron chi connectivity index (χ3n) is 2.87. The molecule has 110 valence electrons. The molecule has 0 unspecified atom stereocenters. The van der Waals surface area contributed by atoms with Gasteiger partial charge in [0.2, 0.25) is 0 Å². The van der Waals surface area contributed by atoms with Gasteiger partial charge in [-0.3, -0.25) is 10.1 Å². The van der Waals surface area contributed by atoms with E-state index in [1.165, 1.54) is 10.9 Å². The van der Waals surface area contributed by atoms with Gasteiger partial charge >= 0.3 is 5.69 Å². The first-order valence-corrected chi connectivity index (χ1v) is 6.49. The van der Waals surface area contributed by atoms with Gasteiger partial charge in [0.05, 0.1) is 4.92 Å². The maximum Gasteiger partial charge on any atom is 0.307 e. The molecule has 0 aliphatic carbocycles. The number of anilines is 2. The standard InChI is InChI=1S/C14H12N6O2/c1-10-7-13(17-11-5-3-2-4-6-11)18-14(16-10)19-9-12(8-15-19)20(21)22/h2-9H,1H3,(H,16,17,18). The number of nitrogens with zero attached hydrogens (tertiary/aromatic N) is 5. The third kappa shape index (κ3) is 2.90. The zero-order valence-corrected chi connectivity index (χ0v) is 11.7. The van der Waals surface area contributed by atoms with Crippen LogP contribution >= 0.6 is 0 Å². The second-order valence-corrected chi connectivity index (χ2v) is 4.59. The maximum absolute atomic E-state index is 10.7. The van der Waals surface area contributed by atoms with Gasteiger partial charge in [-0.15, -0.1) is 0 Å². The van der Waals surface area contributed by atoms with Crippen LogP contribution in [0.2, 0.25) is 0 Å². The minimum absolute atomic E-state index is 0.109. The van der Waals surface area contributed by atoms with Crippen molar-refractivity contribution in [3.63, 3.8) is 0 Å². The van der Waals surface area contributed by atoms with Crippen LogP contribution in [-0.4, -0.2) is 24.7 Å². The summed E-state index contributed by atoms with van der Waals surface area (Å²) in [5.74, 6) is 0.860. The van der Waals surface area contributed by atoms with E-state index >= 15 is 0 Å². The number of hydrogen-bond donors (Lipinski definition) is 1. The third-order valence-corrected chi connectivity index (χ3v) is 2.87. The van der Waals surface area contributed by atoms with Crippen molar-refractivity contribution in [2.45, 2.75) is 6.92 Å². The Balaban J connectivity index is 1.93. The molecule has 0 bridgehead atoms. The average Bonchev–Trinajstić information content (AvgIpc) is 2.98. The molecule has 8 heteroatoms. The number of aromatic nitrogens is 4. The molecule has 1 aromatic carbocycles. The van der Waals surface area contributed by atoms with E-state index in [9.17, 15) is 10.1 Å². The Morgan fingerprint density at radius 2 is 2.00 bits per heavy atom. The van der Waals surface area contributed by atoms with Crippen LogP contribution < -0.4 is 5.32 Å². The maximum atomic E-state index is 10.7. The summed E-state index contributed by atoms with van der Waals surface area (Å²) in [5.41, 5.74) is 1.50. The minimum atomic E-state index is -0.511. The molecule has 2 aromatic heterocycles. The lowest BCUT2D eigenvalue weighted by molar-refractivity contribution is -0.384. The molecule has 3 rings (SSSR count). The van der Waals surface area contributed by atoms with Crippen molar-refractivity contribution in [3.05, 3.63) is 64.6 Å². The Hall–Kier alpha value is -3.29. The molecular weight excluding hydrogens is 284 g/mol. The van der Waals surface area contributed by atoms with Gasteiger partial charge in [-0.25, -0.2) is 4.98 Å². The lowest BCUT2D eigenvalue weighted by Crippen LogP contribution is -2.05. The summed E-state index contributed by atoms with van der Waals surface area (Å²) >= 11 is 0. The molecule has 22 heavy (non-hydrogen) atoms. The van der Waals surface area contributed by atoms with Gasteiger partial charge in [0, 0.05) is 17.4 Å². The number of benzene rings is 1. The van der Waals surface area contributed by atoms with Crippen LogP contribution in [0, 0.1) is 17.0 Å². The van der Waals surface area contributed by atoms with Crippen LogP contribution in [0.1, 0.15) is 5.69 Å². The topological polar surface area (TPSA) is 98.8 Å². The van der Waals surface area contributed by atoms with Crippen molar-refractivity contribution >= 4 is 17.2 Å². The van der Waals surface area contributed by atoms with E-state index < -0.39 is 4.92 Å². The highest BCUT2D eigenvalue weighted by Crippen LogP contribution is 2.17. The zero-order chi connectivity index (χ0) is 15.5. The van der Waals surface area contributed by atoms with E-state index in [2.05, 4.69) is 20.4 Å². The average molecular weight is 296 g/mol. The van der Waals surface area contributed by atoms with Gasteiger partial charge in [-0.1, -0.05) is 18.2 Å². The van der Waals surface area contributed by atoms with E-state index in [1.807, 2.05) is 37.3 Å². The molecule has 0 aliphatic rings. The van der Waals surface area contributed by atoms with Gasteiger partial charge in [-0.05, 0) is 19.1 Å². The second-order valence-electron chi connectivity index (χ2n) is 4.59. The monoisotopic (exact) mass is 296 g/mol. The highest BCUT2D eigenvalue weighted by molar-refractivity contribution is 5.56. The van der Waals surface area contributed by atoms with Crippen molar-refractivity contribution < 1.29 is 4.92 Å². The number of nitrogens with one attached hydrogen (secondary N) is 1. The van der Waals surface area contributed by atoms with E-state index in [0.29, 0.717) is 5.82 Å². The fourth-order valence-electron chi connectivity index (χ4n) is 1.91. The zero-order valence-electron chi connectivity index (χ0n) is 11.7. The molecule has 1 N–H and O–H groups in total. The van der Waals surface area contributed by atoms with Crippen LogP contribution in [0.15, 0.2) is 48.8 Å². The Morgan fingerprint density at radius 1 is 1.23 bits per heavy atom. The molecule has 0 saturated heterocycles. The van der Waals surface area contributed by atoms with Gasteiger partial charge in [0.25, 0.3) is 5.95 Å². The fraction of sp³-hybridized carbons (Fsp3) is 0.0714. The normalized spacial score (nSPS) is 10.4. The molecule has 0 amide bonds.